The van der Waals surface area contributed by atoms with Crippen molar-refractivity contribution in [2.45, 2.75) is 25.4 Å². The molecule has 0 saturated heterocycles. The number of ketones is 1. The lowest BCUT2D eigenvalue weighted by Crippen LogP contribution is -2.23. The summed E-state index contributed by atoms with van der Waals surface area (Å²) in [6.45, 7) is 4.00. The van der Waals surface area contributed by atoms with Crippen molar-refractivity contribution in [2.24, 2.45) is 0 Å². The Morgan fingerprint density at radius 3 is 2.47 bits per heavy atom. The van der Waals surface area contributed by atoms with Crippen LogP contribution in [0.5, 0.6) is 0 Å². The minimum atomic E-state index is -0.0815. The highest BCUT2D eigenvalue weighted by Crippen LogP contribution is 2.24. The summed E-state index contributed by atoms with van der Waals surface area (Å²) in [5.74, 6) is 0.956. The number of carbonyl (C=O) groups excluding carboxylic acids is 2. The molecule has 32 heavy (non-hydrogen) atoms. The zero-order valence-corrected chi connectivity index (χ0v) is 18.9. The molecular weight excluding hydrogens is 420 g/mol. The van der Waals surface area contributed by atoms with Crippen LogP contribution in [0.15, 0.2) is 71.9 Å². The van der Waals surface area contributed by atoms with Crippen molar-refractivity contribution >= 4 is 34.2 Å². The number of benzene rings is 3. The Morgan fingerprint density at radius 1 is 0.969 bits per heavy atom. The highest BCUT2D eigenvalue weighted by molar-refractivity contribution is 7.99. The van der Waals surface area contributed by atoms with Crippen LogP contribution in [-0.2, 0) is 11.2 Å². The van der Waals surface area contributed by atoms with E-state index in [0.717, 1.165) is 27.8 Å². The van der Waals surface area contributed by atoms with Crippen molar-refractivity contribution in [2.75, 3.05) is 12.3 Å². The van der Waals surface area contributed by atoms with Crippen molar-refractivity contribution in [1.29, 1.82) is 0 Å². The molecule has 0 spiro atoms. The summed E-state index contributed by atoms with van der Waals surface area (Å²) < 4.78 is 1.96. The first-order valence-corrected chi connectivity index (χ1v) is 11.4. The average molecular weight is 445 g/mol. The average Bonchev–Trinajstić information content (AvgIpc) is 3.20. The van der Waals surface area contributed by atoms with Crippen LogP contribution in [0.2, 0.25) is 0 Å². The van der Waals surface area contributed by atoms with E-state index in [0.29, 0.717) is 23.7 Å². The molecule has 4 rings (SSSR count). The van der Waals surface area contributed by atoms with Crippen LogP contribution in [0, 0.1) is 6.92 Å². The summed E-state index contributed by atoms with van der Waals surface area (Å²) in [5, 5.41) is 14.3. The molecule has 1 heterocycles. The number of aryl methyl sites for hydroxylation is 1. The Balaban J connectivity index is 1.55. The van der Waals surface area contributed by atoms with Crippen molar-refractivity contribution in [3.8, 4) is 5.69 Å². The number of nitrogens with zero attached hydrogens (tertiary/aromatic N) is 3. The second-order valence-corrected chi connectivity index (χ2v) is 8.52. The number of aromatic nitrogens is 3. The fourth-order valence-corrected chi connectivity index (χ4v) is 4.30. The third kappa shape index (κ3) is 5.06. The third-order valence-electron chi connectivity index (χ3n) is 5.12. The van der Waals surface area contributed by atoms with Gasteiger partial charge in [0.05, 0.1) is 5.75 Å². The quantitative estimate of drug-likeness (QED) is 0.322. The molecule has 3 aromatic carbocycles. The fraction of sp³-hybridized carbons (Fsp3) is 0.200. The topological polar surface area (TPSA) is 76.9 Å². The summed E-state index contributed by atoms with van der Waals surface area (Å²) in [6.07, 6.45) is 0.541. The van der Waals surface area contributed by atoms with Crippen LogP contribution in [-0.4, -0.2) is 38.8 Å². The number of fused-ring (bicyclic) bond motifs is 1. The number of nitrogens with one attached hydrogen (secondary N) is 1. The lowest BCUT2D eigenvalue weighted by atomic mass is 10.1. The van der Waals surface area contributed by atoms with Gasteiger partial charge in [-0.25, -0.2) is 0 Å². The van der Waals surface area contributed by atoms with Crippen LogP contribution in [0.1, 0.15) is 28.7 Å². The molecule has 0 saturated carbocycles. The lowest BCUT2D eigenvalue weighted by Gasteiger charge is -2.11. The van der Waals surface area contributed by atoms with Gasteiger partial charge in [0.25, 0.3) is 0 Å². The maximum absolute atomic E-state index is 12.9. The molecule has 0 fully saturated rings. The normalized spacial score (nSPS) is 10.9. The summed E-state index contributed by atoms with van der Waals surface area (Å²) in [5.41, 5.74) is 2.77. The SMILES string of the molecule is CC(=O)NCCc1nnc(SCC(=O)c2ccc3ccccc3c2)n1-c1ccc(C)cc1. The van der Waals surface area contributed by atoms with Gasteiger partial charge >= 0.3 is 0 Å². The van der Waals surface area contributed by atoms with E-state index in [4.69, 9.17) is 0 Å². The number of amides is 1. The van der Waals surface area contributed by atoms with E-state index in [9.17, 15) is 9.59 Å². The predicted octanol–water partition coefficient (Wildman–Crippen LogP) is 4.38. The van der Waals surface area contributed by atoms with Crippen LogP contribution in [0.3, 0.4) is 0 Å². The van der Waals surface area contributed by atoms with Gasteiger partial charge in [-0.15, -0.1) is 10.2 Å². The molecule has 0 atom stereocenters. The summed E-state index contributed by atoms with van der Waals surface area (Å²) in [6, 6.07) is 21.9. The lowest BCUT2D eigenvalue weighted by molar-refractivity contribution is -0.118. The number of carbonyl (C=O) groups is 2. The zero-order chi connectivity index (χ0) is 22.5. The van der Waals surface area contributed by atoms with Gasteiger partial charge in [-0.3, -0.25) is 14.2 Å². The van der Waals surface area contributed by atoms with E-state index in [-0.39, 0.29) is 17.4 Å². The van der Waals surface area contributed by atoms with Crippen molar-refractivity contribution in [1.82, 2.24) is 20.1 Å². The third-order valence-corrected chi connectivity index (χ3v) is 6.05. The Hall–Kier alpha value is -3.45. The Labute approximate surface area is 191 Å². The number of thioether (sulfide) groups is 1. The largest absolute Gasteiger partial charge is 0.356 e. The van der Waals surface area contributed by atoms with Gasteiger partial charge in [0.15, 0.2) is 10.9 Å². The van der Waals surface area contributed by atoms with Crippen LogP contribution in [0.4, 0.5) is 0 Å². The monoisotopic (exact) mass is 444 g/mol. The van der Waals surface area contributed by atoms with E-state index >= 15 is 0 Å². The van der Waals surface area contributed by atoms with E-state index in [2.05, 4.69) is 15.5 Å². The van der Waals surface area contributed by atoms with Crippen LogP contribution >= 0.6 is 11.8 Å². The first kappa shape index (κ1) is 21.8. The summed E-state index contributed by atoms with van der Waals surface area (Å²) in [7, 11) is 0. The molecule has 162 valence electrons. The van der Waals surface area contributed by atoms with Crippen molar-refractivity contribution < 1.29 is 9.59 Å². The fourth-order valence-electron chi connectivity index (χ4n) is 3.44. The first-order chi connectivity index (χ1) is 15.5. The molecule has 1 N–H and O–H groups in total. The molecule has 0 bridgehead atoms. The smallest absolute Gasteiger partial charge is 0.216 e. The molecule has 0 aliphatic rings. The van der Waals surface area contributed by atoms with E-state index < -0.39 is 0 Å². The Kier molecular flexibility index (Phi) is 6.66. The molecule has 6 nitrogen and oxygen atoms in total. The van der Waals surface area contributed by atoms with Gasteiger partial charge in [0, 0.05) is 31.1 Å². The number of hydrogen-bond acceptors (Lipinski definition) is 5. The summed E-state index contributed by atoms with van der Waals surface area (Å²) >= 11 is 1.37. The second kappa shape index (κ2) is 9.78. The molecule has 1 aromatic heterocycles. The minimum absolute atomic E-state index is 0.0407. The Morgan fingerprint density at radius 2 is 1.72 bits per heavy atom. The highest BCUT2D eigenvalue weighted by Gasteiger charge is 2.17. The molecule has 0 aliphatic heterocycles. The van der Waals surface area contributed by atoms with E-state index in [1.165, 1.54) is 18.7 Å². The molecule has 1 amide bonds. The van der Waals surface area contributed by atoms with Gasteiger partial charge in [-0.05, 0) is 35.9 Å². The molecular formula is C25H24N4O2S. The molecule has 4 aromatic rings. The van der Waals surface area contributed by atoms with E-state index in [1.54, 1.807) is 0 Å². The Bertz CT molecular complexity index is 1260. The maximum atomic E-state index is 12.9. The van der Waals surface area contributed by atoms with Gasteiger partial charge in [-0.2, -0.15) is 0 Å². The summed E-state index contributed by atoms with van der Waals surface area (Å²) in [4.78, 5) is 24.1. The van der Waals surface area contributed by atoms with Gasteiger partial charge in [0.1, 0.15) is 5.82 Å². The van der Waals surface area contributed by atoms with Gasteiger partial charge in [-0.1, -0.05) is 65.9 Å². The molecule has 7 heteroatoms. The number of rotatable bonds is 8. The zero-order valence-electron chi connectivity index (χ0n) is 18.0. The maximum Gasteiger partial charge on any atom is 0.216 e. The molecule has 0 aliphatic carbocycles. The van der Waals surface area contributed by atoms with Gasteiger partial charge < -0.3 is 5.32 Å². The minimum Gasteiger partial charge on any atom is -0.356 e. The van der Waals surface area contributed by atoms with Crippen molar-refractivity contribution in [3.63, 3.8) is 0 Å². The second-order valence-electron chi connectivity index (χ2n) is 7.58. The van der Waals surface area contributed by atoms with E-state index in [1.807, 2.05) is 78.2 Å². The van der Waals surface area contributed by atoms with Crippen LogP contribution in [0.25, 0.3) is 16.5 Å². The molecule has 0 radical (unpaired) electrons. The standard InChI is InChI=1S/C25H24N4O2S/c1-17-7-11-22(12-8-17)29-24(13-14-26-18(2)30)27-28-25(29)32-16-23(31)21-10-9-19-5-3-4-6-20(19)15-21/h3-12,15H,13-14,16H2,1-2H3,(H,26,30). The number of hydrogen-bond donors (Lipinski definition) is 1. The predicted molar refractivity (Wildman–Crippen MR) is 127 cm³/mol. The van der Waals surface area contributed by atoms with Crippen LogP contribution < -0.4 is 5.32 Å². The van der Waals surface area contributed by atoms with Crippen molar-refractivity contribution in [3.05, 3.63) is 83.7 Å². The number of Topliss-reactive ketones (excluding diaryl/α,β-unsaturated/α-hetero) is 1. The highest BCUT2D eigenvalue weighted by atomic mass is 32.2. The van der Waals surface area contributed by atoms with Gasteiger partial charge in [0.2, 0.25) is 5.91 Å². The first-order valence-electron chi connectivity index (χ1n) is 10.4. The molecule has 0 unspecified atom stereocenters.